The van der Waals surface area contributed by atoms with Crippen molar-refractivity contribution in [3.05, 3.63) is 0 Å². The largest absolute Gasteiger partial charge is 0.410 e. The Morgan fingerprint density at radius 1 is 2.00 bits per heavy atom. The summed E-state index contributed by atoms with van der Waals surface area (Å²) in [5.41, 5.74) is 0. The van der Waals surface area contributed by atoms with E-state index in [0.29, 0.717) is 4.62 Å². The first-order valence-corrected chi connectivity index (χ1v) is 2.47. The maximum absolute atomic E-state index is 7.88. The Balaban J connectivity index is 3.22. The molecule has 0 heterocycles. The van der Waals surface area contributed by atoms with E-state index < -0.39 is 0 Å². The molecule has 0 unspecified atom stereocenters. The first-order valence-electron chi connectivity index (χ1n) is 1.67. The van der Waals surface area contributed by atoms with Crippen LogP contribution in [0.2, 0.25) is 0 Å². The number of hydrogen-bond donors (Lipinski definition) is 1. The zero-order valence-corrected chi connectivity index (χ0v) is 5.07. The van der Waals surface area contributed by atoms with E-state index >= 15 is 0 Å². The topological polar surface area (TPSA) is 32.6 Å². The average molecular weight is 152 g/mol. The van der Waals surface area contributed by atoms with E-state index in [2.05, 4.69) is 21.1 Å². The van der Waals surface area contributed by atoms with Gasteiger partial charge in [-0.15, -0.1) is 0 Å². The van der Waals surface area contributed by atoms with Gasteiger partial charge in [-0.25, -0.2) is 0 Å². The van der Waals surface area contributed by atoms with E-state index in [1.165, 1.54) is 0 Å². The van der Waals surface area contributed by atoms with Crippen molar-refractivity contribution in [3.63, 3.8) is 0 Å². The van der Waals surface area contributed by atoms with Gasteiger partial charge in [0.2, 0.25) is 0 Å². The van der Waals surface area contributed by atoms with Crippen LogP contribution in [-0.4, -0.2) is 9.83 Å². The molecule has 6 heavy (non-hydrogen) atoms. The van der Waals surface area contributed by atoms with Crippen LogP contribution in [0.5, 0.6) is 0 Å². The average Bonchev–Trinajstić information content (AvgIpc) is 1.65. The second-order valence-corrected chi connectivity index (χ2v) is 1.75. The van der Waals surface area contributed by atoms with Crippen molar-refractivity contribution in [1.29, 1.82) is 0 Å². The zero-order valence-electron chi connectivity index (χ0n) is 3.48. The summed E-state index contributed by atoms with van der Waals surface area (Å²) in [4.78, 5) is 0. The van der Waals surface area contributed by atoms with Crippen LogP contribution in [0.3, 0.4) is 0 Å². The smallest absolute Gasteiger partial charge is 0.122 e. The molecule has 0 aromatic rings. The quantitative estimate of drug-likeness (QED) is 0.345. The fraction of sp³-hybridized carbons (Fsp3) is 0.667. The van der Waals surface area contributed by atoms with Crippen molar-refractivity contribution in [2.45, 2.75) is 13.3 Å². The lowest BCUT2D eigenvalue weighted by Crippen LogP contribution is -1.77. The van der Waals surface area contributed by atoms with Gasteiger partial charge in [-0.3, -0.25) is 0 Å². The highest BCUT2D eigenvalue weighted by molar-refractivity contribution is 9.18. The molecule has 3 heteroatoms. The molecule has 0 bridgehead atoms. The molecule has 1 N–H and O–H groups in total. The van der Waals surface area contributed by atoms with Gasteiger partial charge in [0.15, 0.2) is 0 Å². The summed E-state index contributed by atoms with van der Waals surface area (Å²) in [6, 6.07) is 0. The fourth-order valence-electron chi connectivity index (χ4n) is 0.0707. The van der Waals surface area contributed by atoms with Crippen LogP contribution >= 0.6 is 15.9 Å². The summed E-state index contributed by atoms with van der Waals surface area (Å²) in [5.74, 6) is 0. The lowest BCUT2D eigenvalue weighted by Gasteiger charge is -1.79. The Morgan fingerprint density at radius 2 is 2.50 bits per heavy atom. The highest BCUT2D eigenvalue weighted by atomic mass is 79.9. The molecule has 0 aliphatic carbocycles. The Morgan fingerprint density at radius 3 is 2.50 bits per heavy atom. The number of rotatable bonds is 1. The SMILES string of the molecule is CCC(Br)=NO. The Hall–Kier alpha value is -0.0500. The molecule has 0 saturated carbocycles. The van der Waals surface area contributed by atoms with Crippen molar-refractivity contribution in [2.75, 3.05) is 0 Å². The molecule has 36 valence electrons. The third kappa shape index (κ3) is 2.20. The molecule has 0 spiro atoms. The molecule has 0 amide bonds. The van der Waals surface area contributed by atoms with E-state index in [4.69, 9.17) is 5.21 Å². The lowest BCUT2D eigenvalue weighted by molar-refractivity contribution is 0.320. The number of oxime groups is 1. The van der Waals surface area contributed by atoms with Gasteiger partial charge in [-0.05, 0) is 22.4 Å². The van der Waals surface area contributed by atoms with Crippen molar-refractivity contribution in [2.24, 2.45) is 5.16 Å². The molecular weight excluding hydrogens is 146 g/mol. The summed E-state index contributed by atoms with van der Waals surface area (Å²) in [6.45, 7) is 1.89. The van der Waals surface area contributed by atoms with Crippen LogP contribution in [0.25, 0.3) is 0 Å². The zero-order chi connectivity index (χ0) is 4.99. The highest BCUT2D eigenvalue weighted by Gasteiger charge is 1.81. The fourth-order valence-corrected chi connectivity index (χ4v) is 0.0707. The van der Waals surface area contributed by atoms with Crippen molar-refractivity contribution >= 4 is 20.6 Å². The van der Waals surface area contributed by atoms with Crippen molar-refractivity contribution in [1.82, 2.24) is 0 Å². The Labute approximate surface area is 45.0 Å². The summed E-state index contributed by atoms with van der Waals surface area (Å²) in [5, 5.41) is 10.7. The molecule has 0 aliphatic rings. The van der Waals surface area contributed by atoms with Gasteiger partial charge in [0.1, 0.15) is 4.62 Å². The van der Waals surface area contributed by atoms with Gasteiger partial charge in [-0.1, -0.05) is 12.1 Å². The third-order valence-corrected chi connectivity index (χ3v) is 1.12. The normalized spacial score (nSPS) is 12.0. The van der Waals surface area contributed by atoms with Crippen LogP contribution in [0.4, 0.5) is 0 Å². The van der Waals surface area contributed by atoms with Gasteiger partial charge in [-0.2, -0.15) is 0 Å². The Kier molecular flexibility index (Phi) is 3.13. The predicted octanol–water partition coefficient (Wildman–Crippen LogP) is 1.58. The van der Waals surface area contributed by atoms with Gasteiger partial charge >= 0.3 is 0 Å². The summed E-state index contributed by atoms with van der Waals surface area (Å²) < 4.78 is 0.586. The molecule has 0 aromatic heterocycles. The van der Waals surface area contributed by atoms with Crippen LogP contribution < -0.4 is 0 Å². The molecule has 0 fully saturated rings. The van der Waals surface area contributed by atoms with Gasteiger partial charge in [0, 0.05) is 0 Å². The van der Waals surface area contributed by atoms with Gasteiger partial charge in [0.25, 0.3) is 0 Å². The third-order valence-electron chi connectivity index (χ3n) is 0.400. The van der Waals surface area contributed by atoms with Crippen LogP contribution in [0, 0.1) is 0 Å². The van der Waals surface area contributed by atoms with E-state index in [0.717, 1.165) is 6.42 Å². The lowest BCUT2D eigenvalue weighted by atomic mass is 10.6. The van der Waals surface area contributed by atoms with E-state index in [9.17, 15) is 0 Å². The predicted molar refractivity (Wildman–Crippen MR) is 28.4 cm³/mol. The van der Waals surface area contributed by atoms with E-state index in [1.807, 2.05) is 6.92 Å². The molecule has 0 rings (SSSR count). The summed E-state index contributed by atoms with van der Waals surface area (Å²) >= 11 is 2.98. The minimum Gasteiger partial charge on any atom is -0.410 e. The Bertz CT molecular complexity index is 61.8. The summed E-state index contributed by atoms with van der Waals surface area (Å²) in [7, 11) is 0. The molecule has 2 nitrogen and oxygen atoms in total. The molecule has 0 saturated heterocycles. The van der Waals surface area contributed by atoms with E-state index in [-0.39, 0.29) is 0 Å². The second-order valence-electron chi connectivity index (χ2n) is 0.830. The first kappa shape index (κ1) is 5.95. The van der Waals surface area contributed by atoms with Gasteiger partial charge < -0.3 is 5.21 Å². The summed E-state index contributed by atoms with van der Waals surface area (Å²) in [6.07, 6.45) is 0.747. The first-order chi connectivity index (χ1) is 2.81. The van der Waals surface area contributed by atoms with Crippen molar-refractivity contribution in [3.8, 4) is 0 Å². The number of hydrogen-bond acceptors (Lipinski definition) is 2. The maximum atomic E-state index is 7.88. The minimum absolute atomic E-state index is 0.586. The van der Waals surface area contributed by atoms with Gasteiger partial charge in [0.05, 0.1) is 0 Å². The second kappa shape index (κ2) is 3.15. The van der Waals surface area contributed by atoms with Crippen molar-refractivity contribution < 1.29 is 5.21 Å². The van der Waals surface area contributed by atoms with Crippen LogP contribution in [0.1, 0.15) is 13.3 Å². The number of halogens is 1. The van der Waals surface area contributed by atoms with Crippen LogP contribution in [-0.2, 0) is 0 Å². The molecule has 0 atom stereocenters. The molecule has 0 aliphatic heterocycles. The molecular formula is C3H6BrNO. The standard InChI is InChI=1S/C3H6BrNO/c1-2-3(4)5-6/h6H,2H2,1H3. The number of nitrogens with zero attached hydrogens (tertiary/aromatic N) is 1. The highest BCUT2D eigenvalue weighted by Crippen LogP contribution is 1.91. The van der Waals surface area contributed by atoms with E-state index in [1.54, 1.807) is 0 Å². The molecule has 0 aromatic carbocycles. The maximum Gasteiger partial charge on any atom is 0.122 e. The molecule has 0 radical (unpaired) electrons. The minimum atomic E-state index is 0.586. The van der Waals surface area contributed by atoms with Crippen LogP contribution in [0.15, 0.2) is 5.16 Å². The monoisotopic (exact) mass is 151 g/mol.